The molecule has 4 aliphatic carbocycles. The first kappa shape index (κ1) is 41.9. The Labute approximate surface area is 347 Å². The number of carbonyl (C=O) groups excluding carboxylic acids is 2. The van der Waals surface area contributed by atoms with Gasteiger partial charge in [-0.1, -0.05) is 72.1 Å². The van der Waals surface area contributed by atoms with E-state index in [-0.39, 0.29) is 25.1 Å². The number of anilines is 2. The number of hydrogen-bond donors (Lipinski definition) is 2. The molecule has 0 aliphatic heterocycles. The molecule has 0 bridgehead atoms. The minimum atomic E-state index is -0.521. The summed E-state index contributed by atoms with van der Waals surface area (Å²) in [7, 11) is 0. The zero-order valence-electron chi connectivity index (χ0n) is 35.7. The quantitative estimate of drug-likeness (QED) is 0.0518. The SMILES string of the molecule is CC(C)CCC[C@@H](C)[C@H]1CCC2C3CCC4CC(Oc5ccc(C=CC(=O)c6ccc(OCCOC(=O)c7cc(N)cc(N)c7)cc6)cc5)CC[C@]4(C)C3CC[C@@]21C. The Morgan fingerprint density at radius 3 is 2.17 bits per heavy atom. The molecule has 312 valence electrons. The Hall–Kier alpha value is -4.26. The van der Waals surface area contributed by atoms with E-state index in [1.807, 2.05) is 30.3 Å². The predicted octanol–water partition coefficient (Wildman–Crippen LogP) is 11.9. The van der Waals surface area contributed by atoms with Crippen LogP contribution in [0.15, 0.2) is 72.8 Å². The minimum Gasteiger partial charge on any atom is -0.490 e. The molecule has 9 atom stereocenters. The molecule has 4 saturated carbocycles. The topological polar surface area (TPSA) is 114 Å². The molecule has 0 saturated heterocycles. The van der Waals surface area contributed by atoms with Gasteiger partial charge in [-0.15, -0.1) is 0 Å². The molecule has 5 unspecified atom stereocenters. The maximum atomic E-state index is 12.9. The first-order chi connectivity index (χ1) is 27.8. The van der Waals surface area contributed by atoms with Crippen LogP contribution in [0.25, 0.3) is 6.08 Å². The lowest BCUT2D eigenvalue weighted by Crippen LogP contribution is -2.54. The van der Waals surface area contributed by atoms with Crippen molar-refractivity contribution in [3.05, 3.63) is 89.5 Å². The lowest BCUT2D eigenvalue weighted by molar-refractivity contribution is -0.126. The summed E-state index contributed by atoms with van der Waals surface area (Å²) in [5.74, 6) is 6.97. The molecule has 0 spiro atoms. The molecule has 7 rings (SSSR count). The van der Waals surface area contributed by atoms with Crippen molar-refractivity contribution in [1.82, 2.24) is 0 Å². The molecule has 58 heavy (non-hydrogen) atoms. The second kappa shape index (κ2) is 17.9. The van der Waals surface area contributed by atoms with Crippen molar-refractivity contribution in [2.24, 2.45) is 52.3 Å². The third kappa shape index (κ3) is 9.29. The second-order valence-electron chi connectivity index (χ2n) is 19.4. The van der Waals surface area contributed by atoms with E-state index in [1.165, 1.54) is 82.8 Å². The standard InChI is InChI=1S/C51H68N2O5/c1-33(2)7-6-8-34(3)45-20-21-46-44-19-14-38-31-43(23-25-50(38,4)47(44)24-26-51(45,46)5)58-42-15-9-35(10-16-42)11-22-48(54)36-12-17-41(18-13-36)56-27-28-57-49(55)37-29-39(52)32-40(53)30-37/h9-13,15-18,22,29-30,32-34,38,43-47H,6-8,14,19-21,23-28,31,52-53H2,1-5H3/t34-,38?,43?,44?,45-,46?,47?,50+,51-/m1/s1. The van der Waals surface area contributed by atoms with Crippen LogP contribution in [0, 0.1) is 52.3 Å². The number of nitrogens with two attached hydrogens (primary N) is 2. The molecule has 7 heteroatoms. The maximum absolute atomic E-state index is 12.9. The van der Waals surface area contributed by atoms with Gasteiger partial charge in [0.2, 0.25) is 0 Å². The van der Waals surface area contributed by atoms with Crippen molar-refractivity contribution in [3.8, 4) is 11.5 Å². The molecule has 0 aromatic heterocycles. The average Bonchev–Trinajstić information content (AvgIpc) is 3.56. The number of ether oxygens (including phenoxy) is 3. The van der Waals surface area contributed by atoms with Crippen LogP contribution in [-0.4, -0.2) is 31.1 Å². The van der Waals surface area contributed by atoms with Gasteiger partial charge in [0, 0.05) is 16.9 Å². The number of rotatable bonds is 15. The van der Waals surface area contributed by atoms with Gasteiger partial charge in [-0.05, 0) is 176 Å². The highest BCUT2D eigenvalue weighted by atomic mass is 16.6. The summed E-state index contributed by atoms with van der Waals surface area (Å²) >= 11 is 0. The van der Waals surface area contributed by atoms with Gasteiger partial charge >= 0.3 is 5.97 Å². The third-order valence-corrected chi connectivity index (χ3v) is 15.4. The van der Waals surface area contributed by atoms with Gasteiger partial charge < -0.3 is 25.7 Å². The molecule has 4 fully saturated rings. The van der Waals surface area contributed by atoms with Crippen molar-refractivity contribution in [3.63, 3.8) is 0 Å². The molecular formula is C51H68N2O5. The fraction of sp³-hybridized carbons (Fsp3) is 0.569. The zero-order chi connectivity index (χ0) is 41.0. The van der Waals surface area contributed by atoms with Crippen LogP contribution in [0.4, 0.5) is 11.4 Å². The smallest absolute Gasteiger partial charge is 0.338 e. The Morgan fingerprint density at radius 1 is 0.759 bits per heavy atom. The van der Waals surface area contributed by atoms with Crippen molar-refractivity contribution in [1.29, 1.82) is 0 Å². The highest BCUT2D eigenvalue weighted by Gasteiger charge is 2.60. The number of esters is 1. The van der Waals surface area contributed by atoms with Gasteiger partial charge in [-0.3, -0.25) is 4.79 Å². The first-order valence-corrected chi connectivity index (χ1v) is 22.4. The van der Waals surface area contributed by atoms with Gasteiger partial charge in [0.25, 0.3) is 0 Å². The number of allylic oxidation sites excluding steroid dienone is 1. The van der Waals surface area contributed by atoms with Crippen molar-refractivity contribution in [2.45, 2.75) is 118 Å². The zero-order valence-corrected chi connectivity index (χ0v) is 35.7. The van der Waals surface area contributed by atoms with E-state index in [4.69, 9.17) is 25.7 Å². The van der Waals surface area contributed by atoms with Gasteiger partial charge in [0.05, 0.1) is 11.7 Å². The lowest BCUT2D eigenvalue weighted by atomic mass is 9.44. The Bertz CT molecular complexity index is 1880. The molecule has 0 heterocycles. The Balaban J connectivity index is 0.851. The predicted molar refractivity (Wildman–Crippen MR) is 235 cm³/mol. The van der Waals surface area contributed by atoms with E-state index >= 15 is 0 Å². The molecule has 4 aliphatic rings. The van der Waals surface area contributed by atoms with Crippen molar-refractivity contribution < 1.29 is 23.8 Å². The second-order valence-corrected chi connectivity index (χ2v) is 19.4. The van der Waals surface area contributed by atoms with Crippen LogP contribution < -0.4 is 20.9 Å². The average molecular weight is 789 g/mol. The molecule has 7 nitrogen and oxygen atoms in total. The Kier molecular flexibility index (Phi) is 12.9. The summed E-state index contributed by atoms with van der Waals surface area (Å²) in [6.45, 7) is 12.9. The Morgan fingerprint density at radius 2 is 1.45 bits per heavy atom. The van der Waals surface area contributed by atoms with Gasteiger partial charge in [-0.2, -0.15) is 0 Å². The van der Waals surface area contributed by atoms with Crippen molar-refractivity contribution in [2.75, 3.05) is 24.7 Å². The number of carbonyl (C=O) groups is 2. The lowest BCUT2D eigenvalue weighted by Gasteiger charge is -2.61. The summed E-state index contributed by atoms with van der Waals surface area (Å²) in [5.41, 5.74) is 15.1. The fourth-order valence-electron chi connectivity index (χ4n) is 12.4. The molecule has 3 aromatic rings. The number of nitrogen functional groups attached to an aromatic ring is 2. The monoisotopic (exact) mass is 789 g/mol. The van der Waals surface area contributed by atoms with Crippen LogP contribution in [0.5, 0.6) is 11.5 Å². The van der Waals surface area contributed by atoms with E-state index in [9.17, 15) is 9.59 Å². The van der Waals surface area contributed by atoms with Crippen LogP contribution in [0.2, 0.25) is 0 Å². The van der Waals surface area contributed by atoms with E-state index < -0.39 is 5.97 Å². The summed E-state index contributed by atoms with van der Waals surface area (Å²) in [6.07, 6.45) is 20.1. The largest absolute Gasteiger partial charge is 0.490 e. The summed E-state index contributed by atoms with van der Waals surface area (Å²) < 4.78 is 17.6. The molecule has 4 N–H and O–H groups in total. The fourth-order valence-corrected chi connectivity index (χ4v) is 12.4. The highest BCUT2D eigenvalue weighted by molar-refractivity contribution is 6.06. The van der Waals surface area contributed by atoms with Gasteiger partial charge in [0.1, 0.15) is 24.7 Å². The van der Waals surface area contributed by atoms with Gasteiger partial charge in [-0.25, -0.2) is 4.79 Å². The van der Waals surface area contributed by atoms with E-state index in [1.54, 1.807) is 36.4 Å². The van der Waals surface area contributed by atoms with Crippen LogP contribution in [-0.2, 0) is 4.74 Å². The molecule has 3 aromatic carbocycles. The van der Waals surface area contributed by atoms with Crippen LogP contribution in [0.3, 0.4) is 0 Å². The van der Waals surface area contributed by atoms with E-state index in [0.29, 0.717) is 39.1 Å². The summed E-state index contributed by atoms with van der Waals surface area (Å²) in [5, 5.41) is 0. The van der Waals surface area contributed by atoms with Crippen LogP contribution >= 0.6 is 0 Å². The number of fused-ring (bicyclic) bond motifs is 5. The number of benzene rings is 3. The maximum Gasteiger partial charge on any atom is 0.338 e. The molecule has 0 radical (unpaired) electrons. The van der Waals surface area contributed by atoms with Crippen LogP contribution in [0.1, 0.15) is 138 Å². The molecule has 0 amide bonds. The first-order valence-electron chi connectivity index (χ1n) is 22.4. The van der Waals surface area contributed by atoms with Gasteiger partial charge in [0.15, 0.2) is 5.78 Å². The number of hydrogen-bond acceptors (Lipinski definition) is 7. The van der Waals surface area contributed by atoms with E-state index in [0.717, 1.165) is 59.2 Å². The van der Waals surface area contributed by atoms with E-state index in [2.05, 4.69) is 34.6 Å². The molecular weight excluding hydrogens is 721 g/mol. The number of ketones is 1. The third-order valence-electron chi connectivity index (χ3n) is 15.4. The normalized spacial score (nSPS) is 29.6. The minimum absolute atomic E-state index is 0.0566. The summed E-state index contributed by atoms with van der Waals surface area (Å²) in [4.78, 5) is 25.2. The summed E-state index contributed by atoms with van der Waals surface area (Å²) in [6, 6.07) is 19.7. The van der Waals surface area contributed by atoms with Crippen molar-refractivity contribution >= 4 is 29.2 Å². The highest BCUT2D eigenvalue weighted by Crippen LogP contribution is 2.68.